The van der Waals surface area contributed by atoms with Crippen LogP contribution in [0.3, 0.4) is 0 Å². The zero-order valence-corrected chi connectivity index (χ0v) is 14.4. The van der Waals surface area contributed by atoms with Gasteiger partial charge in [-0.25, -0.2) is 0 Å². The molecular weight excluding hydrogens is 232 g/mol. The number of hydrogen-bond acceptors (Lipinski definition) is 2. The van der Waals surface area contributed by atoms with Gasteiger partial charge in [-0.05, 0) is 45.7 Å². The van der Waals surface area contributed by atoms with Gasteiger partial charge in [0.15, 0.2) is 16.6 Å². The van der Waals surface area contributed by atoms with Gasteiger partial charge in [-0.2, -0.15) is 0 Å². The maximum atomic E-state index is 6.02. The maximum Gasteiger partial charge on any atom is 0.183 e. The van der Waals surface area contributed by atoms with Gasteiger partial charge in [-0.3, -0.25) is 0 Å². The van der Waals surface area contributed by atoms with Crippen molar-refractivity contribution in [1.29, 1.82) is 0 Å². The van der Waals surface area contributed by atoms with Gasteiger partial charge in [-0.15, -0.1) is 0 Å². The Hall–Kier alpha value is 0.354. The summed E-state index contributed by atoms with van der Waals surface area (Å²) >= 11 is 0. The van der Waals surface area contributed by atoms with Gasteiger partial charge in [0.2, 0.25) is 0 Å². The lowest BCUT2D eigenvalue weighted by Gasteiger charge is -2.33. The number of rotatable bonds is 7. The van der Waals surface area contributed by atoms with Crippen molar-refractivity contribution in [2.75, 3.05) is 13.2 Å². The highest BCUT2D eigenvalue weighted by Gasteiger charge is 2.28. The SMILES string of the molecule is CCC(C)(CO[Si](C)(C)C)CO[Si](C)(C)C. The highest BCUT2D eigenvalue weighted by Crippen LogP contribution is 2.25. The van der Waals surface area contributed by atoms with Gasteiger partial charge in [-0.1, -0.05) is 13.8 Å². The zero-order valence-electron chi connectivity index (χ0n) is 12.4. The highest BCUT2D eigenvalue weighted by molar-refractivity contribution is 6.70. The molecule has 0 unspecified atom stereocenters. The summed E-state index contributed by atoms with van der Waals surface area (Å²) in [6.45, 7) is 19.6. The first-order valence-corrected chi connectivity index (χ1v) is 13.1. The van der Waals surface area contributed by atoms with Crippen LogP contribution in [0.5, 0.6) is 0 Å². The first kappa shape index (κ1) is 16.4. The molecule has 0 atom stereocenters. The van der Waals surface area contributed by atoms with Gasteiger partial charge in [0.1, 0.15) is 0 Å². The topological polar surface area (TPSA) is 18.5 Å². The molecule has 16 heavy (non-hydrogen) atoms. The largest absolute Gasteiger partial charge is 0.417 e. The fraction of sp³-hybridized carbons (Fsp3) is 1.00. The molecule has 0 saturated carbocycles. The van der Waals surface area contributed by atoms with Crippen molar-refractivity contribution in [2.45, 2.75) is 59.6 Å². The van der Waals surface area contributed by atoms with Crippen LogP contribution in [0.15, 0.2) is 0 Å². The minimum absolute atomic E-state index is 0.181. The second-order valence-electron chi connectivity index (χ2n) is 6.97. The number of hydrogen-bond donors (Lipinski definition) is 0. The third kappa shape index (κ3) is 8.50. The van der Waals surface area contributed by atoms with Gasteiger partial charge < -0.3 is 8.85 Å². The molecule has 4 heteroatoms. The summed E-state index contributed by atoms with van der Waals surface area (Å²) < 4.78 is 12.0. The molecule has 0 N–H and O–H groups in total. The van der Waals surface area contributed by atoms with Crippen molar-refractivity contribution in [3.8, 4) is 0 Å². The Morgan fingerprint density at radius 2 is 1.12 bits per heavy atom. The van der Waals surface area contributed by atoms with E-state index in [1.165, 1.54) is 0 Å². The molecule has 0 fully saturated rings. The lowest BCUT2D eigenvalue weighted by Crippen LogP contribution is -2.39. The van der Waals surface area contributed by atoms with E-state index in [0.29, 0.717) is 0 Å². The summed E-state index contributed by atoms with van der Waals surface area (Å²) in [4.78, 5) is 0. The third-order valence-electron chi connectivity index (χ3n) is 2.56. The molecule has 0 spiro atoms. The van der Waals surface area contributed by atoms with Crippen molar-refractivity contribution in [3.63, 3.8) is 0 Å². The predicted molar refractivity (Wildman–Crippen MR) is 77.0 cm³/mol. The van der Waals surface area contributed by atoms with Gasteiger partial charge in [0, 0.05) is 18.6 Å². The quantitative estimate of drug-likeness (QED) is 0.643. The molecule has 0 rings (SSSR count). The van der Waals surface area contributed by atoms with Crippen LogP contribution in [0, 0.1) is 5.41 Å². The second-order valence-corrected chi connectivity index (χ2v) is 16.0. The molecule has 0 aliphatic rings. The molecule has 0 radical (unpaired) electrons. The lowest BCUT2D eigenvalue weighted by atomic mass is 9.90. The fourth-order valence-corrected chi connectivity index (χ4v) is 2.59. The van der Waals surface area contributed by atoms with Crippen LogP contribution in [0.2, 0.25) is 39.3 Å². The maximum absolute atomic E-state index is 6.02. The third-order valence-corrected chi connectivity index (χ3v) is 4.58. The fourth-order valence-electron chi connectivity index (χ4n) is 1.03. The van der Waals surface area contributed by atoms with Crippen LogP contribution in [0.1, 0.15) is 20.3 Å². The van der Waals surface area contributed by atoms with E-state index in [1.807, 2.05) is 0 Å². The van der Waals surface area contributed by atoms with E-state index in [-0.39, 0.29) is 5.41 Å². The van der Waals surface area contributed by atoms with Crippen molar-refractivity contribution >= 4 is 16.6 Å². The molecule has 0 bridgehead atoms. The molecule has 0 aromatic rings. The van der Waals surface area contributed by atoms with Gasteiger partial charge in [0.05, 0.1) is 0 Å². The van der Waals surface area contributed by atoms with Crippen LogP contribution in [-0.4, -0.2) is 29.8 Å². The van der Waals surface area contributed by atoms with E-state index >= 15 is 0 Å². The highest BCUT2D eigenvalue weighted by atomic mass is 28.4. The average Bonchev–Trinajstić information content (AvgIpc) is 2.09. The van der Waals surface area contributed by atoms with Gasteiger partial charge in [0.25, 0.3) is 0 Å². The van der Waals surface area contributed by atoms with Crippen molar-refractivity contribution in [2.24, 2.45) is 5.41 Å². The average molecular weight is 263 g/mol. The lowest BCUT2D eigenvalue weighted by molar-refractivity contribution is 0.0839. The zero-order chi connectivity index (χ0) is 13.0. The Balaban J connectivity index is 4.21. The molecule has 98 valence electrons. The Morgan fingerprint density at radius 1 is 0.812 bits per heavy atom. The van der Waals surface area contributed by atoms with E-state index in [9.17, 15) is 0 Å². The van der Waals surface area contributed by atoms with E-state index < -0.39 is 16.6 Å². The summed E-state index contributed by atoms with van der Waals surface area (Å²) in [5.74, 6) is 0. The molecule has 0 aliphatic heterocycles. The molecule has 0 saturated heterocycles. The van der Waals surface area contributed by atoms with Crippen molar-refractivity contribution in [3.05, 3.63) is 0 Å². The molecule has 2 nitrogen and oxygen atoms in total. The monoisotopic (exact) mass is 262 g/mol. The van der Waals surface area contributed by atoms with Crippen LogP contribution in [0.4, 0.5) is 0 Å². The summed E-state index contributed by atoms with van der Waals surface area (Å²) in [7, 11) is -2.80. The minimum atomic E-state index is -1.40. The van der Waals surface area contributed by atoms with Gasteiger partial charge >= 0.3 is 0 Å². The molecule has 0 amide bonds. The molecule has 0 aromatic carbocycles. The standard InChI is InChI=1S/C12H30O2Si2/c1-9-12(2,10-13-15(3,4)5)11-14-16(6,7)8/h9-11H2,1-8H3. The Bertz CT molecular complexity index is 186. The Morgan fingerprint density at radius 3 is 1.31 bits per heavy atom. The molecule has 0 aromatic heterocycles. The summed E-state index contributed by atoms with van der Waals surface area (Å²) in [5.41, 5.74) is 0.181. The predicted octanol–water partition coefficient (Wildman–Crippen LogP) is 4.11. The van der Waals surface area contributed by atoms with Crippen LogP contribution in [0.25, 0.3) is 0 Å². The van der Waals surface area contributed by atoms with Crippen LogP contribution >= 0.6 is 0 Å². The summed E-state index contributed by atoms with van der Waals surface area (Å²) in [6.07, 6.45) is 1.11. The minimum Gasteiger partial charge on any atom is -0.417 e. The normalized spacial score (nSPS) is 14.2. The first-order valence-electron chi connectivity index (χ1n) is 6.25. The summed E-state index contributed by atoms with van der Waals surface area (Å²) in [6, 6.07) is 0. The summed E-state index contributed by atoms with van der Waals surface area (Å²) in [5, 5.41) is 0. The Kier molecular flexibility index (Phi) is 5.93. The van der Waals surface area contributed by atoms with E-state index in [0.717, 1.165) is 19.6 Å². The molecule has 0 heterocycles. The van der Waals surface area contributed by atoms with E-state index in [2.05, 4.69) is 53.1 Å². The van der Waals surface area contributed by atoms with E-state index in [1.54, 1.807) is 0 Å². The van der Waals surface area contributed by atoms with E-state index in [4.69, 9.17) is 8.85 Å². The van der Waals surface area contributed by atoms with Crippen molar-refractivity contribution < 1.29 is 8.85 Å². The van der Waals surface area contributed by atoms with Crippen LogP contribution in [-0.2, 0) is 8.85 Å². The van der Waals surface area contributed by atoms with Crippen LogP contribution < -0.4 is 0 Å². The first-order chi connectivity index (χ1) is 6.97. The van der Waals surface area contributed by atoms with Crippen molar-refractivity contribution in [1.82, 2.24) is 0 Å². The Labute approximate surface area is 104 Å². The molecular formula is C12H30O2Si2. The second kappa shape index (κ2) is 5.80. The molecule has 0 aliphatic carbocycles. The smallest absolute Gasteiger partial charge is 0.183 e.